The van der Waals surface area contributed by atoms with Crippen molar-refractivity contribution in [2.75, 3.05) is 0 Å². The van der Waals surface area contributed by atoms with Crippen LogP contribution >= 0.6 is 0 Å². The number of rotatable bonds is 4. The molecule has 4 nitrogen and oxygen atoms in total. The van der Waals surface area contributed by atoms with E-state index in [4.69, 9.17) is 0 Å². The van der Waals surface area contributed by atoms with Gasteiger partial charge in [-0.25, -0.2) is 4.98 Å². The van der Waals surface area contributed by atoms with E-state index < -0.39 is 11.9 Å². The van der Waals surface area contributed by atoms with Crippen LogP contribution < -0.4 is 0 Å². The van der Waals surface area contributed by atoms with Gasteiger partial charge in [-0.05, 0) is 5.56 Å². The van der Waals surface area contributed by atoms with Gasteiger partial charge in [-0.3, -0.25) is 4.79 Å². The normalized spacial score (nSPS) is 12.3. The molecule has 0 aliphatic heterocycles. The zero-order valence-electron chi connectivity index (χ0n) is 9.58. The Kier molecular flexibility index (Phi) is 3.23. The van der Waals surface area contributed by atoms with Crippen LogP contribution in [0.4, 0.5) is 0 Å². The van der Waals surface area contributed by atoms with Gasteiger partial charge in [-0.1, -0.05) is 30.3 Å². The van der Waals surface area contributed by atoms with Gasteiger partial charge < -0.3 is 9.67 Å². The SMILES string of the molecule is Cn1ccnc1CC(C(=O)O)c1ccccc1. The second-order valence-corrected chi connectivity index (χ2v) is 3.96. The first-order valence-corrected chi connectivity index (χ1v) is 5.42. The fraction of sp³-hybridized carbons (Fsp3) is 0.231. The molecular weight excluding hydrogens is 216 g/mol. The number of carbonyl (C=O) groups is 1. The zero-order valence-corrected chi connectivity index (χ0v) is 9.58. The van der Waals surface area contributed by atoms with Gasteiger partial charge in [0.05, 0.1) is 5.92 Å². The molecule has 0 aliphatic rings. The van der Waals surface area contributed by atoms with Gasteiger partial charge in [0.15, 0.2) is 0 Å². The Balaban J connectivity index is 2.26. The smallest absolute Gasteiger partial charge is 0.311 e. The van der Waals surface area contributed by atoms with Crippen molar-refractivity contribution in [1.29, 1.82) is 0 Å². The van der Waals surface area contributed by atoms with Crippen molar-refractivity contribution < 1.29 is 9.90 Å². The molecule has 1 unspecified atom stereocenters. The van der Waals surface area contributed by atoms with Gasteiger partial charge in [0, 0.05) is 25.9 Å². The van der Waals surface area contributed by atoms with Crippen LogP contribution in [0.2, 0.25) is 0 Å². The van der Waals surface area contributed by atoms with E-state index in [2.05, 4.69) is 4.98 Å². The molecule has 4 heteroatoms. The van der Waals surface area contributed by atoms with Gasteiger partial charge in [-0.2, -0.15) is 0 Å². The number of hydrogen-bond donors (Lipinski definition) is 1. The van der Waals surface area contributed by atoms with E-state index in [1.165, 1.54) is 0 Å². The Morgan fingerprint density at radius 1 is 1.41 bits per heavy atom. The molecule has 0 fully saturated rings. The molecule has 0 bridgehead atoms. The summed E-state index contributed by atoms with van der Waals surface area (Å²) >= 11 is 0. The molecule has 1 aromatic carbocycles. The quantitative estimate of drug-likeness (QED) is 0.871. The number of nitrogens with zero attached hydrogens (tertiary/aromatic N) is 2. The van der Waals surface area contributed by atoms with Crippen LogP contribution in [0.15, 0.2) is 42.7 Å². The summed E-state index contributed by atoms with van der Waals surface area (Å²) in [5.41, 5.74) is 0.808. The molecule has 1 heterocycles. The van der Waals surface area contributed by atoms with Crippen molar-refractivity contribution in [3.63, 3.8) is 0 Å². The van der Waals surface area contributed by atoms with Crippen molar-refractivity contribution in [3.8, 4) is 0 Å². The molecule has 0 spiro atoms. The van der Waals surface area contributed by atoms with Gasteiger partial charge >= 0.3 is 5.97 Å². The number of imidazole rings is 1. The van der Waals surface area contributed by atoms with Gasteiger partial charge in [0.25, 0.3) is 0 Å². The highest BCUT2D eigenvalue weighted by molar-refractivity contribution is 5.76. The minimum absolute atomic E-state index is 0.406. The Morgan fingerprint density at radius 3 is 2.65 bits per heavy atom. The topological polar surface area (TPSA) is 55.1 Å². The molecule has 0 radical (unpaired) electrons. The molecule has 0 saturated heterocycles. The van der Waals surface area contributed by atoms with Crippen LogP contribution in [-0.4, -0.2) is 20.6 Å². The first-order chi connectivity index (χ1) is 8.18. The van der Waals surface area contributed by atoms with Crippen LogP contribution in [0.3, 0.4) is 0 Å². The second kappa shape index (κ2) is 4.82. The lowest BCUT2D eigenvalue weighted by molar-refractivity contribution is -0.138. The molecule has 2 rings (SSSR count). The predicted molar refractivity (Wildman–Crippen MR) is 63.7 cm³/mol. The van der Waals surface area contributed by atoms with Gasteiger partial charge in [0.1, 0.15) is 5.82 Å². The molecule has 0 saturated carbocycles. The fourth-order valence-electron chi connectivity index (χ4n) is 1.81. The summed E-state index contributed by atoms with van der Waals surface area (Å²) < 4.78 is 1.85. The maximum absolute atomic E-state index is 11.3. The minimum Gasteiger partial charge on any atom is -0.481 e. The summed E-state index contributed by atoms with van der Waals surface area (Å²) in [6, 6.07) is 9.25. The zero-order chi connectivity index (χ0) is 12.3. The van der Waals surface area contributed by atoms with E-state index in [1.54, 1.807) is 6.20 Å². The number of benzene rings is 1. The molecule has 88 valence electrons. The Bertz CT molecular complexity index is 505. The molecule has 17 heavy (non-hydrogen) atoms. The summed E-state index contributed by atoms with van der Waals surface area (Å²) in [6.45, 7) is 0. The van der Waals surface area contributed by atoms with E-state index >= 15 is 0 Å². The molecule has 2 aromatic rings. The number of carboxylic acid groups (broad SMARTS) is 1. The summed E-state index contributed by atoms with van der Waals surface area (Å²) in [7, 11) is 1.87. The lowest BCUT2D eigenvalue weighted by atomic mass is 9.95. The van der Waals surface area contributed by atoms with Crippen LogP contribution in [0.1, 0.15) is 17.3 Å². The van der Waals surface area contributed by atoms with Gasteiger partial charge in [-0.15, -0.1) is 0 Å². The monoisotopic (exact) mass is 230 g/mol. The summed E-state index contributed by atoms with van der Waals surface area (Å²) in [6.07, 6.45) is 3.90. The lowest BCUT2D eigenvalue weighted by Gasteiger charge is -2.12. The molecule has 1 atom stereocenters. The molecule has 0 amide bonds. The fourth-order valence-corrected chi connectivity index (χ4v) is 1.81. The third-order valence-electron chi connectivity index (χ3n) is 2.81. The maximum atomic E-state index is 11.3. The Labute approximate surface area is 99.5 Å². The number of carboxylic acids is 1. The Morgan fingerprint density at radius 2 is 2.12 bits per heavy atom. The molecule has 0 aliphatic carbocycles. The maximum Gasteiger partial charge on any atom is 0.311 e. The van der Waals surface area contributed by atoms with Crippen molar-refractivity contribution in [2.24, 2.45) is 7.05 Å². The van der Waals surface area contributed by atoms with Crippen molar-refractivity contribution in [3.05, 3.63) is 54.1 Å². The summed E-state index contributed by atoms with van der Waals surface area (Å²) in [4.78, 5) is 15.5. The number of aliphatic carboxylic acids is 1. The molecular formula is C13H14N2O2. The number of hydrogen-bond acceptors (Lipinski definition) is 2. The average Bonchev–Trinajstić information content (AvgIpc) is 2.72. The van der Waals surface area contributed by atoms with Gasteiger partial charge in [0.2, 0.25) is 0 Å². The van der Waals surface area contributed by atoms with E-state index in [1.807, 2.05) is 48.1 Å². The van der Waals surface area contributed by atoms with Crippen molar-refractivity contribution in [1.82, 2.24) is 9.55 Å². The van der Waals surface area contributed by atoms with Crippen LogP contribution in [0, 0.1) is 0 Å². The van der Waals surface area contributed by atoms with E-state index in [0.717, 1.165) is 11.4 Å². The molecule has 1 aromatic heterocycles. The third-order valence-corrected chi connectivity index (χ3v) is 2.81. The highest BCUT2D eigenvalue weighted by atomic mass is 16.4. The third kappa shape index (κ3) is 2.53. The first-order valence-electron chi connectivity index (χ1n) is 5.42. The van der Waals surface area contributed by atoms with Crippen LogP contribution in [-0.2, 0) is 18.3 Å². The number of aromatic nitrogens is 2. The van der Waals surface area contributed by atoms with E-state index in [-0.39, 0.29) is 0 Å². The highest BCUT2D eigenvalue weighted by Crippen LogP contribution is 2.20. The van der Waals surface area contributed by atoms with E-state index in [9.17, 15) is 9.90 Å². The van der Waals surface area contributed by atoms with Crippen molar-refractivity contribution in [2.45, 2.75) is 12.3 Å². The summed E-state index contributed by atoms with van der Waals surface area (Å²) in [5, 5.41) is 9.28. The first kappa shape index (κ1) is 11.4. The largest absolute Gasteiger partial charge is 0.481 e. The van der Waals surface area contributed by atoms with Crippen LogP contribution in [0.25, 0.3) is 0 Å². The average molecular weight is 230 g/mol. The molecule has 1 N–H and O–H groups in total. The summed E-state index contributed by atoms with van der Waals surface area (Å²) in [5.74, 6) is -0.585. The predicted octanol–water partition coefficient (Wildman–Crippen LogP) is 1.83. The standard InChI is InChI=1S/C13H14N2O2/c1-15-8-7-14-12(15)9-11(13(16)17)10-5-3-2-4-6-10/h2-8,11H,9H2,1H3,(H,16,17). The number of aryl methyl sites for hydroxylation is 1. The lowest BCUT2D eigenvalue weighted by Crippen LogP contribution is -2.16. The van der Waals surface area contributed by atoms with E-state index in [0.29, 0.717) is 6.42 Å². The minimum atomic E-state index is -0.820. The van der Waals surface area contributed by atoms with Crippen LogP contribution in [0.5, 0.6) is 0 Å². The second-order valence-electron chi connectivity index (χ2n) is 3.96. The van der Waals surface area contributed by atoms with Crippen molar-refractivity contribution >= 4 is 5.97 Å². The highest BCUT2D eigenvalue weighted by Gasteiger charge is 2.21. The Hall–Kier alpha value is -2.10.